The molecule has 2 saturated carbocycles. The number of anilines is 1. The second-order valence-electron chi connectivity index (χ2n) is 7.85. The molecule has 27 heavy (non-hydrogen) atoms. The topological polar surface area (TPSA) is 68.8 Å². The van der Waals surface area contributed by atoms with Gasteiger partial charge in [0, 0.05) is 37.7 Å². The first-order valence-electron chi connectivity index (χ1n) is 10.4. The monoisotopic (exact) mass is 374 g/mol. The van der Waals surface area contributed by atoms with Crippen molar-refractivity contribution in [3.63, 3.8) is 0 Å². The highest BCUT2D eigenvalue weighted by Crippen LogP contribution is 2.46. The lowest BCUT2D eigenvalue weighted by molar-refractivity contribution is -0.105. The van der Waals surface area contributed by atoms with Crippen LogP contribution in [-0.2, 0) is 4.74 Å². The third kappa shape index (κ3) is 4.67. The maximum atomic E-state index is 12.1. The van der Waals surface area contributed by atoms with Gasteiger partial charge in [-0.3, -0.25) is 0 Å². The van der Waals surface area contributed by atoms with Gasteiger partial charge >= 0.3 is 6.03 Å². The zero-order valence-electron chi connectivity index (χ0n) is 15.9. The van der Waals surface area contributed by atoms with Gasteiger partial charge < -0.3 is 24.8 Å². The third-order valence-electron chi connectivity index (χ3n) is 5.67. The summed E-state index contributed by atoms with van der Waals surface area (Å²) in [6.45, 7) is 1.31. The van der Waals surface area contributed by atoms with Crippen molar-refractivity contribution < 1.29 is 19.0 Å². The molecular formula is C21H30N2O4. The molecule has 0 bridgehead atoms. The summed E-state index contributed by atoms with van der Waals surface area (Å²) < 4.78 is 18.0. The van der Waals surface area contributed by atoms with Crippen LogP contribution < -0.4 is 20.1 Å². The van der Waals surface area contributed by atoms with Crippen LogP contribution in [0.1, 0.15) is 64.2 Å². The highest BCUT2D eigenvalue weighted by molar-refractivity contribution is 5.89. The van der Waals surface area contributed by atoms with E-state index in [0.29, 0.717) is 24.9 Å². The van der Waals surface area contributed by atoms with Crippen molar-refractivity contribution in [3.05, 3.63) is 18.2 Å². The van der Waals surface area contributed by atoms with Crippen LogP contribution in [0.15, 0.2) is 18.2 Å². The minimum atomic E-state index is -0.485. The Morgan fingerprint density at radius 2 is 1.85 bits per heavy atom. The predicted molar refractivity (Wildman–Crippen MR) is 103 cm³/mol. The lowest BCUT2D eigenvalue weighted by atomic mass is 9.94. The SMILES string of the molecule is O=C(NCCCOC1CCCC1)Nc1ccc2c(c1)OC1(CCCCC1)O2. The molecule has 0 atom stereocenters. The van der Waals surface area contributed by atoms with E-state index < -0.39 is 5.79 Å². The zero-order valence-corrected chi connectivity index (χ0v) is 15.9. The Morgan fingerprint density at radius 1 is 1.07 bits per heavy atom. The molecular weight excluding hydrogens is 344 g/mol. The van der Waals surface area contributed by atoms with Crippen LogP contribution in [-0.4, -0.2) is 31.1 Å². The maximum Gasteiger partial charge on any atom is 0.319 e. The van der Waals surface area contributed by atoms with E-state index in [9.17, 15) is 4.79 Å². The summed E-state index contributed by atoms with van der Waals surface area (Å²) in [5.74, 6) is 1.01. The summed E-state index contributed by atoms with van der Waals surface area (Å²) in [7, 11) is 0. The van der Waals surface area contributed by atoms with E-state index >= 15 is 0 Å². The number of carbonyl (C=O) groups is 1. The summed E-state index contributed by atoms with van der Waals surface area (Å²) in [4.78, 5) is 12.1. The molecule has 1 aliphatic heterocycles. The Morgan fingerprint density at radius 3 is 2.67 bits per heavy atom. The molecule has 1 spiro atoms. The van der Waals surface area contributed by atoms with Crippen molar-refractivity contribution >= 4 is 11.7 Å². The molecule has 2 N–H and O–H groups in total. The molecule has 2 amide bonds. The first-order valence-corrected chi connectivity index (χ1v) is 10.4. The highest BCUT2D eigenvalue weighted by Gasteiger charge is 2.42. The number of rotatable bonds is 6. The van der Waals surface area contributed by atoms with E-state index in [4.69, 9.17) is 14.2 Å². The van der Waals surface area contributed by atoms with Crippen LogP contribution in [0.5, 0.6) is 11.5 Å². The average Bonchev–Trinajstić information content (AvgIpc) is 3.29. The normalized spacial score (nSPS) is 20.7. The fraction of sp³-hybridized carbons (Fsp3) is 0.667. The molecule has 148 valence electrons. The van der Waals surface area contributed by atoms with Gasteiger partial charge in [0.05, 0.1) is 6.10 Å². The van der Waals surface area contributed by atoms with Crippen LogP contribution in [0.2, 0.25) is 0 Å². The smallest absolute Gasteiger partial charge is 0.319 e. The maximum absolute atomic E-state index is 12.1. The van der Waals surface area contributed by atoms with Crippen LogP contribution >= 0.6 is 0 Å². The van der Waals surface area contributed by atoms with E-state index in [1.165, 1.54) is 32.1 Å². The first-order chi connectivity index (χ1) is 13.2. The van der Waals surface area contributed by atoms with Crippen molar-refractivity contribution in [1.82, 2.24) is 5.32 Å². The molecule has 2 aliphatic carbocycles. The molecule has 3 aliphatic rings. The minimum absolute atomic E-state index is 0.206. The Kier molecular flexibility index (Phi) is 5.72. The predicted octanol–water partition coefficient (Wildman–Crippen LogP) is 4.59. The molecule has 0 unspecified atom stereocenters. The van der Waals surface area contributed by atoms with Gasteiger partial charge in [-0.2, -0.15) is 0 Å². The van der Waals surface area contributed by atoms with Crippen molar-refractivity contribution in [2.45, 2.75) is 76.1 Å². The van der Waals surface area contributed by atoms with Gasteiger partial charge in [0.2, 0.25) is 0 Å². The van der Waals surface area contributed by atoms with Crippen molar-refractivity contribution in [2.24, 2.45) is 0 Å². The Bertz CT molecular complexity index is 652. The van der Waals surface area contributed by atoms with Crippen LogP contribution in [0.3, 0.4) is 0 Å². The van der Waals surface area contributed by atoms with Gasteiger partial charge in [-0.25, -0.2) is 4.79 Å². The van der Waals surface area contributed by atoms with Gasteiger partial charge in [-0.15, -0.1) is 0 Å². The molecule has 4 rings (SSSR count). The summed E-state index contributed by atoms with van der Waals surface area (Å²) in [6.07, 6.45) is 11.5. The summed E-state index contributed by atoms with van der Waals surface area (Å²) in [5.41, 5.74) is 0.713. The molecule has 0 saturated heterocycles. The summed E-state index contributed by atoms with van der Waals surface area (Å²) >= 11 is 0. The second kappa shape index (κ2) is 8.38. The van der Waals surface area contributed by atoms with E-state index in [-0.39, 0.29) is 6.03 Å². The van der Waals surface area contributed by atoms with Crippen molar-refractivity contribution in [1.29, 1.82) is 0 Å². The van der Waals surface area contributed by atoms with Gasteiger partial charge in [-0.1, -0.05) is 19.3 Å². The van der Waals surface area contributed by atoms with E-state index in [2.05, 4.69) is 10.6 Å². The lowest BCUT2D eigenvalue weighted by Crippen LogP contribution is -2.40. The first kappa shape index (κ1) is 18.4. The van der Waals surface area contributed by atoms with Crippen LogP contribution in [0.25, 0.3) is 0 Å². The third-order valence-corrected chi connectivity index (χ3v) is 5.67. The number of fused-ring (bicyclic) bond motifs is 1. The number of ether oxygens (including phenoxy) is 3. The minimum Gasteiger partial charge on any atom is -0.448 e. The average molecular weight is 374 g/mol. The molecule has 0 aromatic heterocycles. The van der Waals surface area contributed by atoms with Gasteiger partial charge in [-0.05, 0) is 44.2 Å². The number of urea groups is 1. The van der Waals surface area contributed by atoms with Gasteiger partial charge in [0.15, 0.2) is 11.5 Å². The fourth-order valence-corrected chi connectivity index (χ4v) is 4.22. The largest absolute Gasteiger partial charge is 0.448 e. The Labute approximate surface area is 160 Å². The number of benzene rings is 1. The highest BCUT2D eigenvalue weighted by atomic mass is 16.7. The van der Waals surface area contributed by atoms with Crippen molar-refractivity contribution in [3.8, 4) is 11.5 Å². The number of amides is 2. The quantitative estimate of drug-likeness (QED) is 0.715. The Balaban J connectivity index is 1.20. The number of hydrogen-bond acceptors (Lipinski definition) is 4. The molecule has 1 aromatic rings. The number of nitrogens with one attached hydrogen (secondary N) is 2. The van der Waals surface area contributed by atoms with Crippen LogP contribution in [0, 0.1) is 0 Å². The lowest BCUT2D eigenvalue weighted by Gasteiger charge is -2.31. The molecule has 2 fully saturated rings. The van der Waals surface area contributed by atoms with E-state index in [1.807, 2.05) is 18.2 Å². The van der Waals surface area contributed by atoms with Gasteiger partial charge in [0.1, 0.15) is 0 Å². The van der Waals surface area contributed by atoms with Crippen LogP contribution in [0.4, 0.5) is 10.5 Å². The number of carbonyl (C=O) groups excluding carboxylic acids is 1. The zero-order chi connectivity index (χ0) is 18.5. The molecule has 6 nitrogen and oxygen atoms in total. The second-order valence-corrected chi connectivity index (χ2v) is 7.85. The molecule has 0 radical (unpaired) electrons. The Hall–Kier alpha value is -1.95. The summed E-state index contributed by atoms with van der Waals surface area (Å²) in [6, 6.07) is 5.38. The van der Waals surface area contributed by atoms with Gasteiger partial charge in [0.25, 0.3) is 5.79 Å². The fourth-order valence-electron chi connectivity index (χ4n) is 4.22. The number of hydrogen-bond donors (Lipinski definition) is 2. The standard InChI is InChI=1S/C21H30N2O4/c24-20(22-13-6-14-25-17-7-2-3-8-17)23-16-9-10-18-19(15-16)27-21(26-18)11-4-1-5-12-21/h9-10,15,17H,1-8,11-14H2,(H2,22,23,24). The van der Waals surface area contributed by atoms with Crippen molar-refractivity contribution in [2.75, 3.05) is 18.5 Å². The molecule has 1 heterocycles. The molecule has 6 heteroatoms. The molecule has 1 aromatic carbocycles. The summed E-state index contributed by atoms with van der Waals surface area (Å²) in [5, 5.41) is 5.75. The van der Waals surface area contributed by atoms with E-state index in [1.54, 1.807) is 0 Å². The van der Waals surface area contributed by atoms with E-state index in [0.717, 1.165) is 43.6 Å².